The number of alkyl carbamates (subject to hydrolysis) is 1. The third-order valence-corrected chi connectivity index (χ3v) is 7.26. The molecule has 0 spiro atoms. The third kappa shape index (κ3) is 6.15. The van der Waals surface area contributed by atoms with Gasteiger partial charge in [0.05, 0.1) is 12.6 Å². The summed E-state index contributed by atoms with van der Waals surface area (Å²) in [7, 11) is 5.64. The van der Waals surface area contributed by atoms with Crippen molar-refractivity contribution in [2.75, 3.05) is 39.6 Å². The molecular weight excluding hydrogens is 518 g/mol. The molecule has 2 N–H and O–H groups in total. The van der Waals surface area contributed by atoms with E-state index in [4.69, 9.17) is 18.9 Å². The predicted octanol–water partition coefficient (Wildman–Crippen LogP) is 6.44. The van der Waals surface area contributed by atoms with E-state index in [1.165, 1.54) is 0 Å². The van der Waals surface area contributed by atoms with Gasteiger partial charge < -0.3 is 29.4 Å². The van der Waals surface area contributed by atoms with Crippen LogP contribution in [-0.4, -0.2) is 60.9 Å². The number of fused-ring (bicyclic) bond motifs is 1. The summed E-state index contributed by atoms with van der Waals surface area (Å²) in [5.74, 6) is 1.58. The van der Waals surface area contributed by atoms with Gasteiger partial charge in [-0.2, -0.15) is 9.97 Å². The van der Waals surface area contributed by atoms with Crippen molar-refractivity contribution in [2.24, 2.45) is 0 Å². The molecule has 5 rings (SSSR count). The number of hydrogen-bond donors (Lipinski definition) is 2. The van der Waals surface area contributed by atoms with Crippen LogP contribution in [0.5, 0.6) is 5.88 Å². The van der Waals surface area contributed by atoms with Crippen LogP contribution in [0, 0.1) is 0 Å². The number of hydrogen-bond acceptors (Lipinski definition) is 8. The van der Waals surface area contributed by atoms with Gasteiger partial charge in [-0.15, -0.1) is 0 Å². The minimum atomic E-state index is -0.556. The summed E-state index contributed by atoms with van der Waals surface area (Å²) >= 11 is 0. The molecule has 1 fully saturated rings. The molecule has 1 saturated carbocycles. The van der Waals surface area contributed by atoms with Gasteiger partial charge in [-0.05, 0) is 65.3 Å². The zero-order valence-corrected chi connectivity index (χ0v) is 24.7. The van der Waals surface area contributed by atoms with Crippen molar-refractivity contribution < 1.29 is 18.7 Å². The Morgan fingerprint density at radius 2 is 1.73 bits per heavy atom. The molecule has 1 amide bonds. The highest BCUT2D eigenvalue weighted by Gasteiger charge is 2.41. The number of benzene rings is 2. The first-order chi connectivity index (χ1) is 19.6. The maximum absolute atomic E-state index is 12.6. The second-order valence-corrected chi connectivity index (χ2v) is 11.8. The number of nitrogens with one attached hydrogen (secondary N) is 2. The van der Waals surface area contributed by atoms with Crippen LogP contribution in [0.3, 0.4) is 0 Å². The van der Waals surface area contributed by atoms with Crippen LogP contribution in [0.15, 0.2) is 59.0 Å². The molecule has 1 aliphatic carbocycles. The number of nitrogens with zero attached hydrogens (tertiary/aromatic N) is 3. The summed E-state index contributed by atoms with van der Waals surface area (Å²) in [4.78, 5) is 24.1. The van der Waals surface area contributed by atoms with E-state index >= 15 is 0 Å². The molecular formula is C32H39N5O4. The molecule has 0 radical (unpaired) electrons. The number of methoxy groups -OCH3 is 1. The van der Waals surface area contributed by atoms with E-state index in [1.807, 2.05) is 77.3 Å². The van der Waals surface area contributed by atoms with Gasteiger partial charge in [0.25, 0.3) is 0 Å². The molecule has 0 saturated heterocycles. The molecule has 216 valence electrons. The van der Waals surface area contributed by atoms with Crippen molar-refractivity contribution >= 4 is 23.1 Å². The second kappa shape index (κ2) is 11.4. The van der Waals surface area contributed by atoms with Crippen LogP contribution in [0.4, 0.5) is 10.7 Å². The Hall–Kier alpha value is -4.11. The van der Waals surface area contributed by atoms with E-state index in [9.17, 15) is 4.79 Å². The molecule has 41 heavy (non-hydrogen) atoms. The fraction of sp³-hybridized carbons (Fsp3) is 0.406. The van der Waals surface area contributed by atoms with E-state index in [0.717, 1.165) is 53.4 Å². The summed E-state index contributed by atoms with van der Waals surface area (Å²) in [6, 6.07) is 18.2. The monoisotopic (exact) mass is 557 g/mol. The summed E-state index contributed by atoms with van der Waals surface area (Å²) in [6.07, 6.45) is 2.37. The Morgan fingerprint density at radius 1 is 1.02 bits per heavy atom. The number of rotatable bonds is 9. The molecule has 2 aromatic heterocycles. The second-order valence-electron chi connectivity index (χ2n) is 11.8. The highest BCUT2D eigenvalue weighted by molar-refractivity contribution is 6.03. The number of carbonyl (C=O) groups excluding carboxylic acids is 1. The quantitative estimate of drug-likeness (QED) is 0.242. The Kier molecular flexibility index (Phi) is 7.91. The first-order valence-corrected chi connectivity index (χ1v) is 14.0. The van der Waals surface area contributed by atoms with Gasteiger partial charge in [-0.3, -0.25) is 0 Å². The summed E-state index contributed by atoms with van der Waals surface area (Å²) in [6.45, 7) is 7.12. The van der Waals surface area contributed by atoms with E-state index in [2.05, 4.69) is 32.7 Å². The van der Waals surface area contributed by atoms with Gasteiger partial charge in [0.2, 0.25) is 17.5 Å². The van der Waals surface area contributed by atoms with E-state index in [1.54, 1.807) is 7.11 Å². The summed E-state index contributed by atoms with van der Waals surface area (Å²) in [5.41, 5.74) is 3.24. The molecule has 2 heterocycles. The highest BCUT2D eigenvalue weighted by Crippen LogP contribution is 2.45. The summed E-state index contributed by atoms with van der Waals surface area (Å²) in [5, 5.41) is 7.13. The number of furan rings is 1. The molecule has 9 heteroatoms. The van der Waals surface area contributed by atoms with E-state index in [0.29, 0.717) is 29.8 Å². The van der Waals surface area contributed by atoms with Gasteiger partial charge in [-0.1, -0.05) is 54.6 Å². The highest BCUT2D eigenvalue weighted by atomic mass is 16.6. The number of anilines is 1. The van der Waals surface area contributed by atoms with Crippen molar-refractivity contribution in [2.45, 2.75) is 51.2 Å². The maximum Gasteiger partial charge on any atom is 0.408 e. The number of likely N-dealkylation sites (N-methyl/N-ethyl adjacent to an activating group) is 1. The van der Waals surface area contributed by atoms with Crippen LogP contribution < -0.4 is 15.4 Å². The molecule has 1 aliphatic rings. The van der Waals surface area contributed by atoms with Crippen molar-refractivity contribution in [1.82, 2.24) is 20.2 Å². The minimum Gasteiger partial charge on any atom is -0.480 e. The van der Waals surface area contributed by atoms with Crippen LogP contribution in [0.2, 0.25) is 0 Å². The van der Waals surface area contributed by atoms with Gasteiger partial charge >= 0.3 is 6.09 Å². The lowest BCUT2D eigenvalue weighted by atomic mass is 9.71. The average Bonchev–Trinajstić information content (AvgIpc) is 3.29. The van der Waals surface area contributed by atoms with Crippen LogP contribution >= 0.6 is 0 Å². The molecule has 9 nitrogen and oxygen atoms in total. The normalized spacial score (nSPS) is 14.5. The molecule has 0 unspecified atom stereocenters. The molecule has 4 aromatic rings. The Balaban J connectivity index is 1.54. The SMILES string of the molecule is COc1nc(NCCN(C)C)nc2oc(-c3ccc(C4(NC(=O)OC(C)(C)C)CCC4)cc3)c(-c3ccccc3)c12. The number of ether oxygens (including phenoxy) is 2. The first-order valence-electron chi connectivity index (χ1n) is 14.0. The Morgan fingerprint density at radius 3 is 2.32 bits per heavy atom. The largest absolute Gasteiger partial charge is 0.480 e. The van der Waals surface area contributed by atoms with Gasteiger partial charge in [0.1, 0.15) is 16.7 Å². The predicted molar refractivity (Wildman–Crippen MR) is 161 cm³/mol. The average molecular weight is 558 g/mol. The first kappa shape index (κ1) is 28.4. The van der Waals surface area contributed by atoms with Crippen LogP contribution in [0.25, 0.3) is 33.6 Å². The topological polar surface area (TPSA) is 102 Å². The molecule has 0 bridgehead atoms. The van der Waals surface area contributed by atoms with Crippen LogP contribution in [-0.2, 0) is 10.3 Å². The lowest BCUT2D eigenvalue weighted by Gasteiger charge is -2.43. The van der Waals surface area contributed by atoms with Gasteiger partial charge in [-0.25, -0.2) is 4.79 Å². The minimum absolute atomic E-state index is 0.398. The summed E-state index contributed by atoms with van der Waals surface area (Å²) < 4.78 is 17.8. The Labute approximate surface area is 241 Å². The van der Waals surface area contributed by atoms with Crippen molar-refractivity contribution in [3.63, 3.8) is 0 Å². The maximum atomic E-state index is 12.6. The van der Waals surface area contributed by atoms with Crippen molar-refractivity contribution in [1.29, 1.82) is 0 Å². The number of amides is 1. The van der Waals surface area contributed by atoms with E-state index in [-0.39, 0.29) is 0 Å². The number of carbonyl (C=O) groups is 1. The standard InChI is InChI=1S/C32H39N5O4/c1-31(2,3)41-30(38)36-32(17-10-18-32)23-15-13-22(14-16-23)26-24(21-11-8-7-9-12-21)25-27(39-6)34-29(35-28(25)40-26)33-19-20-37(4)5/h7-9,11-16H,10,17-20H2,1-6H3,(H,36,38)(H,33,34,35). The lowest BCUT2D eigenvalue weighted by molar-refractivity contribution is 0.0377. The van der Waals surface area contributed by atoms with Crippen molar-refractivity contribution in [3.05, 3.63) is 60.2 Å². The molecule has 0 aliphatic heterocycles. The zero-order chi connectivity index (χ0) is 29.2. The molecule has 0 atom stereocenters. The smallest absolute Gasteiger partial charge is 0.408 e. The van der Waals surface area contributed by atoms with Crippen molar-refractivity contribution in [3.8, 4) is 28.3 Å². The van der Waals surface area contributed by atoms with Gasteiger partial charge in [0, 0.05) is 24.2 Å². The third-order valence-electron chi connectivity index (χ3n) is 7.26. The lowest BCUT2D eigenvalue weighted by Crippen LogP contribution is -2.52. The van der Waals surface area contributed by atoms with Crippen LogP contribution in [0.1, 0.15) is 45.6 Å². The van der Waals surface area contributed by atoms with E-state index < -0.39 is 17.2 Å². The van der Waals surface area contributed by atoms with Gasteiger partial charge in [0.15, 0.2) is 0 Å². The fourth-order valence-corrected chi connectivity index (χ4v) is 5.13. The number of aromatic nitrogens is 2. The Bertz CT molecular complexity index is 1500. The zero-order valence-electron chi connectivity index (χ0n) is 24.7. The fourth-order valence-electron chi connectivity index (χ4n) is 5.13. The molecule has 2 aromatic carbocycles.